The third-order valence-electron chi connectivity index (χ3n) is 6.72. The molecular formula is C30H32O7. The van der Waals surface area contributed by atoms with Crippen LogP contribution >= 0.6 is 0 Å². The number of carbonyl (C=O) groups excluding carboxylic acids is 1. The standard InChI is InChI=1S/C30H32O7/c1-20(31)34-26-25(35-28-27(26)36-29(2,3)37-28)24(32)19-33-30(21-13-7-4-8-14-21,22-15-9-5-10-16-22)23-17-11-6-12-18-23/h4-18,24-28,32H,19H2,1-3H3/t24-,25+,26+,27+,28+/m0/s1. The highest BCUT2D eigenvalue weighted by molar-refractivity contribution is 5.66. The van der Waals surface area contributed by atoms with Gasteiger partial charge in [-0.2, -0.15) is 0 Å². The first kappa shape index (κ1) is 25.6. The van der Waals surface area contributed by atoms with Crippen LogP contribution in [0.25, 0.3) is 0 Å². The van der Waals surface area contributed by atoms with E-state index in [9.17, 15) is 9.90 Å². The minimum absolute atomic E-state index is 0.107. The van der Waals surface area contributed by atoms with Crippen molar-refractivity contribution in [3.05, 3.63) is 108 Å². The Labute approximate surface area is 216 Å². The first-order valence-corrected chi connectivity index (χ1v) is 12.5. The van der Waals surface area contributed by atoms with E-state index in [4.69, 9.17) is 23.7 Å². The summed E-state index contributed by atoms with van der Waals surface area (Å²) in [5.74, 6) is -1.38. The molecule has 7 nitrogen and oxygen atoms in total. The van der Waals surface area contributed by atoms with E-state index in [0.29, 0.717) is 0 Å². The predicted octanol–water partition coefficient (Wildman–Crippen LogP) is 4.16. The van der Waals surface area contributed by atoms with Crippen LogP contribution in [0.1, 0.15) is 37.5 Å². The molecule has 0 saturated carbocycles. The zero-order valence-electron chi connectivity index (χ0n) is 21.2. The highest BCUT2D eigenvalue weighted by Crippen LogP contribution is 2.42. The number of aliphatic hydroxyl groups excluding tert-OH is 1. The SMILES string of the molecule is CC(=O)O[C@H]1[C@H]2OC(C)(C)O[C@H]2O[C@@H]1[C@@H](O)COC(c1ccccc1)(c1ccccc1)c1ccccc1. The molecule has 3 aromatic carbocycles. The zero-order chi connectivity index (χ0) is 26.0. The van der Waals surface area contributed by atoms with E-state index in [-0.39, 0.29) is 6.61 Å². The van der Waals surface area contributed by atoms with Gasteiger partial charge in [0.15, 0.2) is 24.3 Å². The molecule has 37 heavy (non-hydrogen) atoms. The third-order valence-corrected chi connectivity index (χ3v) is 6.72. The summed E-state index contributed by atoms with van der Waals surface area (Å²) in [6.45, 7) is 4.74. The number of rotatable bonds is 8. The van der Waals surface area contributed by atoms with Crippen LogP contribution < -0.4 is 0 Å². The first-order valence-electron chi connectivity index (χ1n) is 12.5. The molecule has 0 spiro atoms. The molecule has 2 saturated heterocycles. The fraction of sp³-hybridized carbons (Fsp3) is 0.367. The van der Waals surface area contributed by atoms with Crippen molar-refractivity contribution in [1.29, 1.82) is 0 Å². The zero-order valence-corrected chi connectivity index (χ0v) is 21.2. The molecular weight excluding hydrogens is 472 g/mol. The lowest BCUT2D eigenvalue weighted by Gasteiger charge is -2.37. The van der Waals surface area contributed by atoms with Crippen molar-refractivity contribution >= 4 is 5.97 Å². The van der Waals surface area contributed by atoms with Crippen LogP contribution in [0.2, 0.25) is 0 Å². The summed E-state index contributed by atoms with van der Waals surface area (Å²) < 4.78 is 30.1. The quantitative estimate of drug-likeness (QED) is 0.364. The minimum Gasteiger partial charge on any atom is -0.457 e. The number of esters is 1. The molecule has 0 aliphatic carbocycles. The van der Waals surface area contributed by atoms with Gasteiger partial charge in [0.1, 0.15) is 17.8 Å². The number of hydrogen-bond donors (Lipinski definition) is 1. The Bertz CT molecular complexity index is 1090. The molecule has 3 aromatic rings. The van der Waals surface area contributed by atoms with Crippen LogP contribution in [0.15, 0.2) is 91.0 Å². The highest BCUT2D eigenvalue weighted by Gasteiger charge is 2.58. The van der Waals surface area contributed by atoms with E-state index in [2.05, 4.69) is 0 Å². The van der Waals surface area contributed by atoms with Crippen LogP contribution in [-0.2, 0) is 34.1 Å². The van der Waals surface area contributed by atoms with Crippen LogP contribution in [-0.4, -0.2) is 54.2 Å². The number of aliphatic hydroxyl groups is 1. The van der Waals surface area contributed by atoms with Crippen molar-refractivity contribution in [3.63, 3.8) is 0 Å². The van der Waals surface area contributed by atoms with Crippen LogP contribution in [0, 0.1) is 0 Å². The molecule has 2 aliphatic heterocycles. The first-order chi connectivity index (χ1) is 17.8. The summed E-state index contributed by atoms with van der Waals surface area (Å²) >= 11 is 0. The number of hydrogen-bond acceptors (Lipinski definition) is 7. The Morgan fingerprint density at radius 1 is 0.892 bits per heavy atom. The van der Waals surface area contributed by atoms with Gasteiger partial charge in [-0.15, -0.1) is 0 Å². The van der Waals surface area contributed by atoms with Crippen molar-refractivity contribution in [2.24, 2.45) is 0 Å². The maximum Gasteiger partial charge on any atom is 0.303 e. The Morgan fingerprint density at radius 2 is 1.38 bits per heavy atom. The van der Waals surface area contributed by atoms with Gasteiger partial charge in [0.2, 0.25) is 0 Å². The lowest BCUT2D eigenvalue weighted by Crippen LogP contribution is -2.46. The third kappa shape index (κ3) is 5.06. The van der Waals surface area contributed by atoms with E-state index in [1.165, 1.54) is 6.92 Å². The Hall–Kier alpha value is -3.07. The Balaban J connectivity index is 1.48. The van der Waals surface area contributed by atoms with Gasteiger partial charge in [-0.3, -0.25) is 4.79 Å². The normalized spacial score (nSPS) is 25.4. The molecule has 0 aromatic heterocycles. The molecule has 0 amide bonds. The summed E-state index contributed by atoms with van der Waals surface area (Å²) in [6, 6.07) is 29.7. The monoisotopic (exact) mass is 504 g/mol. The molecule has 1 N–H and O–H groups in total. The second kappa shape index (κ2) is 10.4. The molecule has 5 atom stereocenters. The van der Waals surface area contributed by atoms with Gasteiger partial charge in [-0.25, -0.2) is 0 Å². The summed E-state index contributed by atoms with van der Waals surface area (Å²) in [7, 11) is 0. The molecule has 2 aliphatic rings. The van der Waals surface area contributed by atoms with Gasteiger partial charge < -0.3 is 28.8 Å². The summed E-state index contributed by atoms with van der Waals surface area (Å²) in [4.78, 5) is 11.9. The molecule has 0 bridgehead atoms. The topological polar surface area (TPSA) is 83.5 Å². The highest BCUT2D eigenvalue weighted by atomic mass is 16.8. The molecule has 7 heteroatoms. The van der Waals surface area contributed by atoms with Crippen molar-refractivity contribution in [1.82, 2.24) is 0 Å². The van der Waals surface area contributed by atoms with Crippen molar-refractivity contribution in [2.45, 2.75) is 62.9 Å². The summed E-state index contributed by atoms with van der Waals surface area (Å²) in [5.41, 5.74) is 1.72. The van der Waals surface area contributed by atoms with Gasteiger partial charge in [-0.1, -0.05) is 91.0 Å². The number of benzene rings is 3. The van der Waals surface area contributed by atoms with E-state index in [0.717, 1.165) is 16.7 Å². The molecule has 0 radical (unpaired) electrons. The largest absolute Gasteiger partial charge is 0.457 e. The van der Waals surface area contributed by atoms with Crippen LogP contribution in [0.4, 0.5) is 0 Å². The molecule has 194 valence electrons. The van der Waals surface area contributed by atoms with Gasteiger partial charge in [0.05, 0.1) is 6.61 Å². The smallest absolute Gasteiger partial charge is 0.303 e. The maximum atomic E-state index is 11.9. The molecule has 5 rings (SSSR count). The average molecular weight is 505 g/mol. The van der Waals surface area contributed by atoms with E-state index >= 15 is 0 Å². The van der Waals surface area contributed by atoms with E-state index in [1.807, 2.05) is 91.0 Å². The number of carbonyl (C=O) groups is 1. The van der Waals surface area contributed by atoms with Gasteiger partial charge in [0, 0.05) is 6.92 Å². The molecule has 2 fully saturated rings. The van der Waals surface area contributed by atoms with Crippen molar-refractivity contribution in [2.75, 3.05) is 6.61 Å². The number of fused-ring (bicyclic) bond motifs is 1. The predicted molar refractivity (Wildman–Crippen MR) is 135 cm³/mol. The Kier molecular flexibility index (Phi) is 7.16. The Morgan fingerprint density at radius 3 is 1.84 bits per heavy atom. The van der Waals surface area contributed by atoms with E-state index in [1.54, 1.807) is 13.8 Å². The lowest BCUT2D eigenvalue weighted by molar-refractivity contribution is -0.233. The second-order valence-corrected chi connectivity index (χ2v) is 9.80. The van der Waals surface area contributed by atoms with Crippen molar-refractivity contribution in [3.8, 4) is 0 Å². The van der Waals surface area contributed by atoms with Gasteiger partial charge >= 0.3 is 5.97 Å². The number of ether oxygens (including phenoxy) is 5. The summed E-state index contributed by atoms with van der Waals surface area (Å²) in [6.07, 6.45) is -4.29. The minimum atomic E-state index is -1.14. The van der Waals surface area contributed by atoms with Gasteiger partial charge in [0.25, 0.3) is 0 Å². The van der Waals surface area contributed by atoms with E-state index < -0.39 is 48.1 Å². The molecule has 0 unspecified atom stereocenters. The van der Waals surface area contributed by atoms with Crippen molar-refractivity contribution < 1.29 is 33.6 Å². The average Bonchev–Trinajstić information content (AvgIpc) is 3.38. The van der Waals surface area contributed by atoms with Gasteiger partial charge in [-0.05, 0) is 30.5 Å². The lowest BCUT2D eigenvalue weighted by atomic mass is 9.80. The fourth-order valence-electron chi connectivity index (χ4n) is 5.21. The van der Waals surface area contributed by atoms with Crippen LogP contribution in [0.5, 0.6) is 0 Å². The van der Waals surface area contributed by atoms with Crippen LogP contribution in [0.3, 0.4) is 0 Å². The maximum absolute atomic E-state index is 11.9. The second-order valence-electron chi connectivity index (χ2n) is 9.80. The summed E-state index contributed by atoms with van der Waals surface area (Å²) in [5, 5.41) is 11.4. The molecule has 2 heterocycles. The fourth-order valence-corrected chi connectivity index (χ4v) is 5.21.